The van der Waals surface area contributed by atoms with Gasteiger partial charge in [-0.05, 0) is 30.9 Å². The van der Waals surface area contributed by atoms with E-state index in [-0.39, 0.29) is 11.3 Å². The van der Waals surface area contributed by atoms with Crippen molar-refractivity contribution in [3.8, 4) is 0 Å². The average molecular weight is 260 g/mol. The van der Waals surface area contributed by atoms with E-state index in [0.29, 0.717) is 6.54 Å². The summed E-state index contributed by atoms with van der Waals surface area (Å²) < 4.78 is 0. The van der Waals surface area contributed by atoms with E-state index < -0.39 is 0 Å². The van der Waals surface area contributed by atoms with Gasteiger partial charge in [0.25, 0.3) is 0 Å². The van der Waals surface area contributed by atoms with Crippen LogP contribution < -0.4 is 11.1 Å². The van der Waals surface area contributed by atoms with Crippen molar-refractivity contribution in [2.45, 2.75) is 45.4 Å². The molecule has 0 spiro atoms. The summed E-state index contributed by atoms with van der Waals surface area (Å²) in [5, 5.41) is 3.11. The SMILES string of the molecule is CCCc1ccccc1NC(=O)C1(CN)CCCC1. The number of nitrogens with one attached hydrogen (secondary N) is 1. The molecular formula is C16H24N2O. The van der Waals surface area contributed by atoms with E-state index in [1.54, 1.807) is 0 Å². The van der Waals surface area contributed by atoms with Crippen LogP contribution >= 0.6 is 0 Å². The van der Waals surface area contributed by atoms with Gasteiger partial charge < -0.3 is 11.1 Å². The van der Waals surface area contributed by atoms with Gasteiger partial charge in [0.15, 0.2) is 0 Å². The molecule has 1 aromatic rings. The van der Waals surface area contributed by atoms with Gasteiger partial charge in [0.2, 0.25) is 5.91 Å². The number of aryl methyl sites for hydroxylation is 1. The Hall–Kier alpha value is -1.35. The molecule has 3 N–H and O–H groups in total. The standard InChI is InChI=1S/C16H24N2O/c1-2-7-13-8-3-4-9-14(13)18-15(19)16(12-17)10-5-6-11-16/h3-4,8-9H,2,5-7,10-12,17H2,1H3,(H,18,19). The average Bonchev–Trinajstić information content (AvgIpc) is 2.91. The van der Waals surface area contributed by atoms with Crippen LogP contribution in [0.1, 0.15) is 44.6 Å². The summed E-state index contributed by atoms with van der Waals surface area (Å²) >= 11 is 0. The van der Waals surface area contributed by atoms with E-state index in [2.05, 4.69) is 18.3 Å². The molecule has 0 saturated heterocycles. The van der Waals surface area contributed by atoms with Crippen LogP contribution in [-0.4, -0.2) is 12.5 Å². The van der Waals surface area contributed by atoms with Crippen LogP contribution in [0.3, 0.4) is 0 Å². The number of nitrogens with two attached hydrogens (primary N) is 1. The summed E-state index contributed by atoms with van der Waals surface area (Å²) in [5.41, 5.74) is 7.69. The van der Waals surface area contributed by atoms with Gasteiger partial charge in [0.1, 0.15) is 0 Å². The summed E-state index contributed by atoms with van der Waals surface area (Å²) in [4.78, 5) is 12.5. The van der Waals surface area contributed by atoms with Gasteiger partial charge in [0.05, 0.1) is 5.41 Å². The summed E-state index contributed by atoms with van der Waals surface area (Å²) in [7, 11) is 0. The molecule has 0 aromatic heterocycles. The number of benzene rings is 1. The fraction of sp³-hybridized carbons (Fsp3) is 0.562. The zero-order valence-electron chi connectivity index (χ0n) is 11.7. The van der Waals surface area contributed by atoms with Crippen molar-refractivity contribution in [3.05, 3.63) is 29.8 Å². The largest absolute Gasteiger partial charge is 0.329 e. The van der Waals surface area contributed by atoms with Crippen LogP contribution in [0.2, 0.25) is 0 Å². The van der Waals surface area contributed by atoms with Crippen molar-refractivity contribution < 1.29 is 4.79 Å². The third-order valence-corrected chi connectivity index (χ3v) is 4.22. The highest BCUT2D eigenvalue weighted by atomic mass is 16.2. The lowest BCUT2D eigenvalue weighted by atomic mass is 9.85. The van der Waals surface area contributed by atoms with E-state index in [1.807, 2.05) is 18.2 Å². The number of carbonyl (C=O) groups excluding carboxylic acids is 1. The molecule has 19 heavy (non-hydrogen) atoms. The van der Waals surface area contributed by atoms with Gasteiger partial charge >= 0.3 is 0 Å². The summed E-state index contributed by atoms with van der Waals surface area (Å²) in [6, 6.07) is 8.07. The maximum absolute atomic E-state index is 12.5. The molecule has 1 amide bonds. The Morgan fingerprint density at radius 1 is 1.32 bits per heavy atom. The molecule has 1 fully saturated rings. The monoisotopic (exact) mass is 260 g/mol. The quantitative estimate of drug-likeness (QED) is 0.854. The molecule has 0 unspecified atom stereocenters. The molecule has 1 aromatic carbocycles. The molecular weight excluding hydrogens is 236 g/mol. The van der Waals surface area contributed by atoms with Crippen molar-refractivity contribution in [1.29, 1.82) is 0 Å². The number of anilines is 1. The normalized spacial score (nSPS) is 17.4. The number of rotatable bonds is 5. The molecule has 0 aliphatic heterocycles. The number of carbonyl (C=O) groups is 1. The summed E-state index contributed by atoms with van der Waals surface area (Å²) in [5.74, 6) is 0.107. The predicted molar refractivity (Wildman–Crippen MR) is 79.0 cm³/mol. The molecule has 3 heteroatoms. The molecule has 104 valence electrons. The van der Waals surface area contributed by atoms with Gasteiger partial charge in [-0.1, -0.05) is 44.4 Å². The minimum atomic E-state index is -0.334. The minimum absolute atomic E-state index is 0.107. The highest BCUT2D eigenvalue weighted by Crippen LogP contribution is 2.38. The molecule has 0 atom stereocenters. The van der Waals surface area contributed by atoms with E-state index in [9.17, 15) is 4.79 Å². The zero-order chi connectivity index (χ0) is 13.7. The lowest BCUT2D eigenvalue weighted by Crippen LogP contribution is -2.40. The molecule has 0 bridgehead atoms. The van der Waals surface area contributed by atoms with Crippen LogP contribution in [-0.2, 0) is 11.2 Å². The molecule has 2 rings (SSSR count). The fourth-order valence-corrected chi connectivity index (χ4v) is 2.96. The van der Waals surface area contributed by atoms with E-state index in [1.165, 1.54) is 5.56 Å². The second-order valence-electron chi connectivity index (χ2n) is 5.55. The Bertz CT molecular complexity index is 436. The molecule has 1 aliphatic carbocycles. The van der Waals surface area contributed by atoms with Gasteiger partial charge in [-0.3, -0.25) is 4.79 Å². The first-order valence-electron chi connectivity index (χ1n) is 7.31. The Balaban J connectivity index is 2.14. The molecule has 1 saturated carbocycles. The van der Waals surface area contributed by atoms with Crippen molar-refractivity contribution in [2.24, 2.45) is 11.1 Å². The van der Waals surface area contributed by atoms with Crippen molar-refractivity contribution in [3.63, 3.8) is 0 Å². The van der Waals surface area contributed by atoms with Crippen molar-refractivity contribution in [1.82, 2.24) is 0 Å². The maximum Gasteiger partial charge on any atom is 0.231 e. The third-order valence-electron chi connectivity index (χ3n) is 4.22. The lowest BCUT2D eigenvalue weighted by molar-refractivity contribution is -0.124. The Morgan fingerprint density at radius 2 is 2.00 bits per heavy atom. The number of para-hydroxylation sites is 1. The highest BCUT2D eigenvalue weighted by molar-refractivity contribution is 5.96. The van der Waals surface area contributed by atoms with Gasteiger partial charge in [-0.15, -0.1) is 0 Å². The number of hydrogen-bond donors (Lipinski definition) is 2. The van der Waals surface area contributed by atoms with E-state index in [0.717, 1.165) is 44.2 Å². The molecule has 0 heterocycles. The first kappa shape index (κ1) is 14.1. The molecule has 0 radical (unpaired) electrons. The first-order chi connectivity index (χ1) is 9.22. The fourth-order valence-electron chi connectivity index (χ4n) is 2.96. The van der Waals surface area contributed by atoms with Crippen LogP contribution in [0.15, 0.2) is 24.3 Å². The topological polar surface area (TPSA) is 55.1 Å². The summed E-state index contributed by atoms with van der Waals surface area (Å²) in [6.45, 7) is 2.60. The first-order valence-corrected chi connectivity index (χ1v) is 7.31. The van der Waals surface area contributed by atoms with Crippen LogP contribution in [0, 0.1) is 5.41 Å². The Labute approximate surface area is 115 Å². The zero-order valence-corrected chi connectivity index (χ0v) is 11.7. The van der Waals surface area contributed by atoms with Gasteiger partial charge in [0, 0.05) is 12.2 Å². The van der Waals surface area contributed by atoms with Gasteiger partial charge in [-0.25, -0.2) is 0 Å². The van der Waals surface area contributed by atoms with Crippen molar-refractivity contribution in [2.75, 3.05) is 11.9 Å². The van der Waals surface area contributed by atoms with Crippen LogP contribution in [0.25, 0.3) is 0 Å². The van der Waals surface area contributed by atoms with Crippen molar-refractivity contribution >= 4 is 11.6 Å². The highest BCUT2D eigenvalue weighted by Gasteiger charge is 2.39. The second kappa shape index (κ2) is 6.20. The minimum Gasteiger partial charge on any atom is -0.329 e. The molecule has 3 nitrogen and oxygen atoms in total. The number of hydrogen-bond acceptors (Lipinski definition) is 2. The number of amides is 1. The summed E-state index contributed by atoms with van der Waals surface area (Å²) in [6.07, 6.45) is 6.14. The lowest BCUT2D eigenvalue weighted by Gasteiger charge is -2.26. The predicted octanol–water partition coefficient (Wildman–Crippen LogP) is 3.10. The van der Waals surface area contributed by atoms with Gasteiger partial charge in [-0.2, -0.15) is 0 Å². The van der Waals surface area contributed by atoms with E-state index in [4.69, 9.17) is 5.73 Å². The third kappa shape index (κ3) is 2.98. The van der Waals surface area contributed by atoms with Crippen LogP contribution in [0.5, 0.6) is 0 Å². The second-order valence-corrected chi connectivity index (χ2v) is 5.55. The Kier molecular flexibility index (Phi) is 4.59. The maximum atomic E-state index is 12.5. The van der Waals surface area contributed by atoms with Crippen LogP contribution in [0.4, 0.5) is 5.69 Å². The Morgan fingerprint density at radius 3 is 2.63 bits per heavy atom. The van der Waals surface area contributed by atoms with E-state index >= 15 is 0 Å². The molecule has 1 aliphatic rings. The smallest absolute Gasteiger partial charge is 0.231 e.